The van der Waals surface area contributed by atoms with Crippen molar-refractivity contribution in [2.24, 2.45) is 0 Å². The van der Waals surface area contributed by atoms with Gasteiger partial charge in [0.05, 0.1) is 18.2 Å². The van der Waals surface area contributed by atoms with Gasteiger partial charge in [0, 0.05) is 28.6 Å². The summed E-state index contributed by atoms with van der Waals surface area (Å²) in [5, 5.41) is 7.72. The number of benzene rings is 2. The van der Waals surface area contributed by atoms with Gasteiger partial charge >= 0.3 is 0 Å². The van der Waals surface area contributed by atoms with Crippen LogP contribution in [0.5, 0.6) is 11.5 Å². The van der Waals surface area contributed by atoms with E-state index in [-0.39, 0.29) is 0 Å². The molecule has 2 aromatic rings. The Labute approximate surface area is 158 Å². The molecule has 132 valence electrons. The highest BCUT2D eigenvalue weighted by Crippen LogP contribution is 2.34. The van der Waals surface area contributed by atoms with Crippen molar-refractivity contribution in [1.82, 2.24) is 10.6 Å². The van der Waals surface area contributed by atoms with Crippen molar-refractivity contribution in [2.45, 2.75) is 19.9 Å². The topological polar surface area (TPSA) is 36.5 Å². The van der Waals surface area contributed by atoms with Gasteiger partial charge < -0.3 is 20.3 Å². The third-order valence-corrected chi connectivity index (χ3v) is 4.49. The summed E-state index contributed by atoms with van der Waals surface area (Å²) in [4.78, 5) is 2.28. The van der Waals surface area contributed by atoms with Gasteiger partial charge in [0.15, 0.2) is 0 Å². The van der Waals surface area contributed by atoms with E-state index in [9.17, 15) is 0 Å². The van der Waals surface area contributed by atoms with E-state index < -0.39 is 0 Å². The number of anilines is 1. The molecule has 2 aromatic carbocycles. The van der Waals surface area contributed by atoms with E-state index >= 15 is 0 Å². The maximum atomic E-state index is 6.46. The summed E-state index contributed by atoms with van der Waals surface area (Å²) in [6.45, 7) is 5.89. The van der Waals surface area contributed by atoms with Crippen LogP contribution in [0.2, 0.25) is 10.0 Å². The van der Waals surface area contributed by atoms with Crippen LogP contribution in [-0.2, 0) is 0 Å². The highest BCUT2D eigenvalue weighted by Gasteiger charge is 2.16. The van der Waals surface area contributed by atoms with Crippen LogP contribution in [0.3, 0.4) is 0 Å². The van der Waals surface area contributed by atoms with Crippen molar-refractivity contribution in [3.8, 4) is 11.5 Å². The van der Waals surface area contributed by atoms with E-state index in [0.29, 0.717) is 27.6 Å². The minimum atomic E-state index is 0.336. The molecule has 0 saturated heterocycles. The van der Waals surface area contributed by atoms with Crippen LogP contribution in [0.15, 0.2) is 54.4 Å². The summed E-state index contributed by atoms with van der Waals surface area (Å²) in [5.41, 5.74) is 2.21. The average Bonchev–Trinajstić information content (AvgIpc) is 3.09. The summed E-state index contributed by atoms with van der Waals surface area (Å²) in [5.74, 6) is 1.32. The monoisotopic (exact) mass is 377 g/mol. The number of halogens is 2. The molecule has 0 aromatic heterocycles. The Balaban J connectivity index is 1.78. The summed E-state index contributed by atoms with van der Waals surface area (Å²) >= 11 is 12.4. The molecule has 0 unspecified atom stereocenters. The van der Waals surface area contributed by atoms with Crippen molar-refractivity contribution < 1.29 is 4.74 Å². The van der Waals surface area contributed by atoms with Crippen molar-refractivity contribution in [3.63, 3.8) is 0 Å². The minimum Gasteiger partial charge on any atom is -0.456 e. The van der Waals surface area contributed by atoms with Gasteiger partial charge in [-0.05, 0) is 56.3 Å². The van der Waals surface area contributed by atoms with Gasteiger partial charge in [-0.25, -0.2) is 0 Å². The molecule has 0 amide bonds. The van der Waals surface area contributed by atoms with Gasteiger partial charge in [-0.1, -0.05) is 23.2 Å². The first kappa shape index (κ1) is 17.8. The second kappa shape index (κ2) is 7.89. The highest BCUT2D eigenvalue weighted by molar-refractivity contribution is 6.32. The molecule has 25 heavy (non-hydrogen) atoms. The lowest BCUT2D eigenvalue weighted by Crippen LogP contribution is -2.34. The molecule has 0 atom stereocenters. The zero-order chi connectivity index (χ0) is 17.8. The number of rotatable bonds is 6. The van der Waals surface area contributed by atoms with Gasteiger partial charge in [-0.2, -0.15) is 0 Å². The summed E-state index contributed by atoms with van der Waals surface area (Å²) in [6, 6.07) is 13.4. The van der Waals surface area contributed by atoms with Crippen LogP contribution in [0.25, 0.3) is 0 Å². The van der Waals surface area contributed by atoms with Crippen molar-refractivity contribution >= 4 is 28.9 Å². The second-order valence-corrected chi connectivity index (χ2v) is 6.96. The lowest BCUT2D eigenvalue weighted by atomic mass is 10.2. The number of nitrogens with zero attached hydrogens (tertiary/aromatic N) is 1. The van der Waals surface area contributed by atoms with Crippen LogP contribution in [0.1, 0.15) is 13.8 Å². The Morgan fingerprint density at radius 1 is 1.12 bits per heavy atom. The zero-order valence-corrected chi connectivity index (χ0v) is 15.7. The molecule has 4 nitrogen and oxygen atoms in total. The molecule has 0 fully saturated rings. The quantitative estimate of drug-likeness (QED) is 0.742. The maximum absolute atomic E-state index is 6.46. The van der Waals surface area contributed by atoms with E-state index in [1.807, 2.05) is 36.5 Å². The van der Waals surface area contributed by atoms with Crippen LogP contribution in [-0.4, -0.2) is 19.3 Å². The van der Waals surface area contributed by atoms with Gasteiger partial charge in [0.2, 0.25) is 0 Å². The molecular formula is C19H21Cl2N3O. The lowest BCUT2D eigenvalue weighted by molar-refractivity contribution is 0.483. The van der Waals surface area contributed by atoms with E-state index in [4.69, 9.17) is 27.9 Å². The van der Waals surface area contributed by atoms with Gasteiger partial charge in [-0.3, -0.25) is 0 Å². The number of nitrogens with one attached hydrogen (secondary N) is 2. The first-order chi connectivity index (χ1) is 12.0. The van der Waals surface area contributed by atoms with Crippen molar-refractivity contribution in [2.75, 3.05) is 18.1 Å². The average molecular weight is 378 g/mol. The highest BCUT2D eigenvalue weighted by atomic mass is 35.5. The zero-order valence-electron chi connectivity index (χ0n) is 14.2. The van der Waals surface area contributed by atoms with Crippen LogP contribution in [0.4, 0.5) is 5.69 Å². The SMILES string of the molecule is CC(C)N(CC1=CNCN1)c1ccc(Oc2ccc(Cl)cc2)c(Cl)c1. The van der Waals surface area contributed by atoms with Gasteiger partial charge in [-0.15, -0.1) is 0 Å². The number of ether oxygens (including phenoxy) is 1. The number of hydrogen-bond acceptors (Lipinski definition) is 4. The maximum Gasteiger partial charge on any atom is 0.146 e. The second-order valence-electron chi connectivity index (χ2n) is 6.12. The van der Waals surface area contributed by atoms with E-state index in [1.54, 1.807) is 12.1 Å². The molecule has 0 radical (unpaired) electrons. The Morgan fingerprint density at radius 2 is 1.88 bits per heavy atom. The Morgan fingerprint density at radius 3 is 2.48 bits per heavy atom. The standard InChI is InChI=1S/C19H21Cl2N3O/c1-13(2)24(11-15-10-22-12-23-15)16-5-8-19(18(21)9-16)25-17-6-3-14(20)4-7-17/h3-10,13,22-23H,11-12H2,1-2H3. The smallest absolute Gasteiger partial charge is 0.146 e. The van der Waals surface area contributed by atoms with Crippen molar-refractivity contribution in [3.05, 3.63) is 64.4 Å². The van der Waals surface area contributed by atoms with E-state index in [0.717, 1.165) is 24.6 Å². The first-order valence-electron chi connectivity index (χ1n) is 8.19. The number of hydrogen-bond donors (Lipinski definition) is 2. The predicted octanol–water partition coefficient (Wildman–Crippen LogP) is 4.99. The lowest BCUT2D eigenvalue weighted by Gasteiger charge is -2.29. The summed E-state index contributed by atoms with van der Waals surface area (Å²) < 4.78 is 5.85. The molecule has 1 aliphatic rings. The Kier molecular flexibility index (Phi) is 5.61. The fourth-order valence-electron chi connectivity index (χ4n) is 2.63. The van der Waals surface area contributed by atoms with Crippen LogP contribution < -0.4 is 20.3 Å². The minimum absolute atomic E-state index is 0.336. The Bertz CT molecular complexity index is 760. The summed E-state index contributed by atoms with van der Waals surface area (Å²) in [6.07, 6.45) is 2.01. The molecule has 0 aliphatic carbocycles. The van der Waals surface area contributed by atoms with Gasteiger partial charge in [0.25, 0.3) is 0 Å². The fraction of sp³-hybridized carbons (Fsp3) is 0.263. The van der Waals surface area contributed by atoms with Gasteiger partial charge in [0.1, 0.15) is 11.5 Å². The van der Waals surface area contributed by atoms with E-state index in [2.05, 4.69) is 29.4 Å². The molecule has 1 heterocycles. The van der Waals surface area contributed by atoms with Crippen molar-refractivity contribution in [1.29, 1.82) is 0 Å². The van der Waals surface area contributed by atoms with Crippen LogP contribution in [0, 0.1) is 0 Å². The normalized spacial score (nSPS) is 13.2. The molecule has 2 N–H and O–H groups in total. The largest absolute Gasteiger partial charge is 0.456 e. The van der Waals surface area contributed by atoms with E-state index in [1.165, 1.54) is 0 Å². The molecule has 0 bridgehead atoms. The molecular weight excluding hydrogens is 357 g/mol. The first-order valence-corrected chi connectivity index (χ1v) is 8.94. The molecule has 1 aliphatic heterocycles. The molecule has 0 saturated carbocycles. The molecule has 0 spiro atoms. The fourth-order valence-corrected chi connectivity index (χ4v) is 2.97. The van der Waals surface area contributed by atoms with Crippen LogP contribution >= 0.6 is 23.2 Å². The molecule has 3 rings (SSSR count). The predicted molar refractivity (Wildman–Crippen MR) is 105 cm³/mol. The third kappa shape index (κ3) is 4.53. The third-order valence-electron chi connectivity index (χ3n) is 3.95. The molecule has 6 heteroatoms. The summed E-state index contributed by atoms with van der Waals surface area (Å²) in [7, 11) is 0. The Hall–Kier alpha value is -2.04.